The van der Waals surface area contributed by atoms with Crippen molar-refractivity contribution in [2.45, 2.75) is 11.3 Å². The maximum atomic E-state index is 13.2. The molecule has 0 saturated heterocycles. The van der Waals surface area contributed by atoms with Crippen molar-refractivity contribution in [1.82, 2.24) is 0 Å². The zero-order valence-corrected chi connectivity index (χ0v) is 12.0. The summed E-state index contributed by atoms with van der Waals surface area (Å²) in [6.07, 6.45) is 0.753. The van der Waals surface area contributed by atoms with Crippen LogP contribution >= 0.6 is 0 Å². The quantitative estimate of drug-likeness (QED) is 0.703. The molecule has 1 unspecified atom stereocenters. The average molecular weight is 304 g/mol. The van der Waals surface area contributed by atoms with Crippen LogP contribution in [0.15, 0.2) is 23.1 Å². The summed E-state index contributed by atoms with van der Waals surface area (Å²) < 4.78 is 35.2. The van der Waals surface area contributed by atoms with Crippen molar-refractivity contribution in [2.24, 2.45) is 0 Å². The number of carbonyl (C=O) groups is 1. The van der Waals surface area contributed by atoms with Gasteiger partial charge in [-0.15, -0.1) is 0 Å². The molecule has 0 aliphatic rings. The molecule has 0 bridgehead atoms. The molecule has 7 heteroatoms. The van der Waals surface area contributed by atoms with E-state index in [4.69, 9.17) is 14.6 Å². The van der Waals surface area contributed by atoms with E-state index in [1.807, 2.05) is 0 Å². The summed E-state index contributed by atoms with van der Waals surface area (Å²) in [4.78, 5) is 11.1. The molecule has 0 saturated carbocycles. The van der Waals surface area contributed by atoms with Crippen LogP contribution < -0.4 is 0 Å². The SMILES string of the molecule is COCCCOCCS(=O)c1ccc(F)c(C(=O)O)c1. The molecule has 0 fully saturated rings. The highest BCUT2D eigenvalue weighted by atomic mass is 32.2. The smallest absolute Gasteiger partial charge is 0.338 e. The molecule has 0 heterocycles. The van der Waals surface area contributed by atoms with E-state index in [-0.39, 0.29) is 17.3 Å². The van der Waals surface area contributed by atoms with Gasteiger partial charge in [-0.05, 0) is 24.6 Å². The van der Waals surface area contributed by atoms with Crippen LogP contribution in [0.1, 0.15) is 16.8 Å². The molecule has 1 atom stereocenters. The van der Waals surface area contributed by atoms with E-state index in [0.717, 1.165) is 18.6 Å². The van der Waals surface area contributed by atoms with Crippen LogP contribution in [0, 0.1) is 5.82 Å². The van der Waals surface area contributed by atoms with Gasteiger partial charge >= 0.3 is 5.97 Å². The molecule has 1 aromatic rings. The highest BCUT2D eigenvalue weighted by Gasteiger charge is 2.13. The Bertz CT molecular complexity index is 478. The molecule has 1 rings (SSSR count). The Morgan fingerprint density at radius 1 is 1.35 bits per heavy atom. The molecule has 0 aromatic heterocycles. The number of rotatable bonds is 9. The fourth-order valence-electron chi connectivity index (χ4n) is 1.47. The van der Waals surface area contributed by atoms with E-state index < -0.39 is 28.1 Å². The maximum absolute atomic E-state index is 13.2. The fourth-order valence-corrected chi connectivity index (χ4v) is 2.44. The Hall–Kier alpha value is -1.31. The van der Waals surface area contributed by atoms with Gasteiger partial charge in [-0.25, -0.2) is 9.18 Å². The van der Waals surface area contributed by atoms with E-state index in [2.05, 4.69) is 0 Å². The second-order valence-electron chi connectivity index (χ2n) is 3.96. The highest BCUT2D eigenvalue weighted by Crippen LogP contribution is 2.14. The van der Waals surface area contributed by atoms with Gasteiger partial charge in [0.05, 0.1) is 28.7 Å². The van der Waals surface area contributed by atoms with Crippen molar-refractivity contribution in [3.8, 4) is 0 Å². The van der Waals surface area contributed by atoms with Crippen LogP contribution in [-0.4, -0.2) is 48.0 Å². The minimum Gasteiger partial charge on any atom is -0.478 e. The van der Waals surface area contributed by atoms with Crippen molar-refractivity contribution >= 4 is 16.8 Å². The van der Waals surface area contributed by atoms with Crippen LogP contribution in [0.2, 0.25) is 0 Å². The first-order chi connectivity index (χ1) is 9.56. The number of aromatic carboxylic acids is 1. The van der Waals surface area contributed by atoms with Crippen LogP contribution in [0.4, 0.5) is 4.39 Å². The molecule has 0 amide bonds. The zero-order valence-electron chi connectivity index (χ0n) is 11.1. The highest BCUT2D eigenvalue weighted by molar-refractivity contribution is 7.85. The Balaban J connectivity index is 2.47. The van der Waals surface area contributed by atoms with Gasteiger partial charge in [0.1, 0.15) is 5.82 Å². The molecule has 0 radical (unpaired) electrons. The number of hydrogen-bond acceptors (Lipinski definition) is 4. The van der Waals surface area contributed by atoms with Gasteiger partial charge in [-0.3, -0.25) is 4.21 Å². The molecule has 0 aliphatic heterocycles. The van der Waals surface area contributed by atoms with Crippen molar-refractivity contribution < 1.29 is 28.0 Å². The van der Waals surface area contributed by atoms with Crippen molar-refractivity contribution in [1.29, 1.82) is 0 Å². The minimum absolute atomic E-state index is 0.234. The average Bonchev–Trinajstić information content (AvgIpc) is 2.42. The number of halogens is 1. The minimum atomic E-state index is -1.41. The molecule has 20 heavy (non-hydrogen) atoms. The number of hydrogen-bond donors (Lipinski definition) is 1. The lowest BCUT2D eigenvalue weighted by Crippen LogP contribution is -2.09. The van der Waals surface area contributed by atoms with Gasteiger partial charge in [0, 0.05) is 25.2 Å². The van der Waals surface area contributed by atoms with E-state index in [1.165, 1.54) is 6.07 Å². The number of methoxy groups -OCH3 is 1. The Morgan fingerprint density at radius 3 is 2.75 bits per heavy atom. The molecular formula is C13H17FO5S. The first kappa shape index (κ1) is 16.7. The van der Waals surface area contributed by atoms with E-state index in [0.29, 0.717) is 13.2 Å². The normalized spacial score (nSPS) is 12.3. The van der Waals surface area contributed by atoms with Gasteiger partial charge in [-0.1, -0.05) is 0 Å². The lowest BCUT2D eigenvalue weighted by atomic mass is 10.2. The summed E-state index contributed by atoms with van der Waals surface area (Å²) in [6, 6.07) is 3.43. The second-order valence-corrected chi connectivity index (χ2v) is 5.53. The van der Waals surface area contributed by atoms with Gasteiger partial charge < -0.3 is 14.6 Å². The first-order valence-electron chi connectivity index (χ1n) is 6.04. The van der Waals surface area contributed by atoms with Crippen LogP contribution in [0.25, 0.3) is 0 Å². The van der Waals surface area contributed by atoms with E-state index in [1.54, 1.807) is 7.11 Å². The third-order valence-corrected chi connectivity index (χ3v) is 3.80. The summed E-state index contributed by atoms with van der Waals surface area (Å²) in [6.45, 7) is 1.40. The van der Waals surface area contributed by atoms with Crippen molar-refractivity contribution in [3.63, 3.8) is 0 Å². The number of benzene rings is 1. The molecular weight excluding hydrogens is 287 g/mol. The number of carboxylic acids is 1. The first-order valence-corrected chi connectivity index (χ1v) is 7.36. The predicted molar refractivity (Wildman–Crippen MR) is 71.9 cm³/mol. The summed E-state index contributed by atoms with van der Waals surface area (Å²) in [5, 5.41) is 8.79. The number of carboxylic acid groups (broad SMARTS) is 1. The largest absolute Gasteiger partial charge is 0.478 e. The third kappa shape index (κ3) is 5.36. The van der Waals surface area contributed by atoms with Crippen molar-refractivity contribution in [2.75, 3.05) is 32.7 Å². The summed E-state index contributed by atoms with van der Waals surface area (Å²) >= 11 is 0. The Kier molecular flexibility index (Phi) is 7.35. The van der Waals surface area contributed by atoms with Crippen LogP contribution in [0.3, 0.4) is 0 Å². The Morgan fingerprint density at radius 2 is 2.10 bits per heavy atom. The predicted octanol–water partition coefficient (Wildman–Crippen LogP) is 1.68. The van der Waals surface area contributed by atoms with Crippen LogP contribution in [-0.2, 0) is 20.3 Å². The molecule has 5 nitrogen and oxygen atoms in total. The summed E-state index contributed by atoms with van der Waals surface area (Å²) in [5.41, 5.74) is -0.475. The molecule has 1 N–H and O–H groups in total. The molecule has 0 spiro atoms. The zero-order chi connectivity index (χ0) is 15.0. The van der Waals surface area contributed by atoms with E-state index in [9.17, 15) is 13.4 Å². The summed E-state index contributed by atoms with van der Waals surface area (Å²) in [7, 11) is 0.189. The lowest BCUT2D eigenvalue weighted by molar-refractivity contribution is 0.0691. The van der Waals surface area contributed by atoms with Crippen LogP contribution in [0.5, 0.6) is 0 Å². The van der Waals surface area contributed by atoms with Gasteiger partial charge in [-0.2, -0.15) is 0 Å². The monoisotopic (exact) mass is 304 g/mol. The standard InChI is InChI=1S/C13H17FO5S/c1-18-5-2-6-19-7-8-20(17)10-3-4-12(14)11(9-10)13(15)16/h3-4,9H,2,5-8H2,1H3,(H,15,16). The molecule has 112 valence electrons. The maximum Gasteiger partial charge on any atom is 0.338 e. The van der Waals surface area contributed by atoms with Gasteiger partial charge in [0.25, 0.3) is 0 Å². The topological polar surface area (TPSA) is 72.8 Å². The number of ether oxygens (including phenoxy) is 2. The van der Waals surface area contributed by atoms with Gasteiger partial charge in [0.2, 0.25) is 0 Å². The second kappa shape index (κ2) is 8.78. The van der Waals surface area contributed by atoms with Crippen molar-refractivity contribution in [3.05, 3.63) is 29.6 Å². The lowest BCUT2D eigenvalue weighted by Gasteiger charge is -2.06. The van der Waals surface area contributed by atoms with E-state index >= 15 is 0 Å². The Labute approximate surface area is 119 Å². The molecule has 1 aromatic carbocycles. The third-order valence-electron chi connectivity index (χ3n) is 2.48. The fraction of sp³-hybridized carbons (Fsp3) is 0.462. The van der Waals surface area contributed by atoms with Gasteiger partial charge in [0.15, 0.2) is 0 Å². The molecule has 0 aliphatic carbocycles. The summed E-state index contributed by atoms with van der Waals surface area (Å²) in [5.74, 6) is -1.98.